The lowest BCUT2D eigenvalue weighted by molar-refractivity contribution is -0.152. The first-order valence-corrected chi connectivity index (χ1v) is 10.0. The summed E-state index contributed by atoms with van der Waals surface area (Å²) in [4.78, 5) is 36.2. The normalized spacial score (nSPS) is 14.8. The summed E-state index contributed by atoms with van der Waals surface area (Å²) in [5.41, 5.74) is 1.85. The summed E-state index contributed by atoms with van der Waals surface area (Å²) in [6, 6.07) is 13.9. The van der Waals surface area contributed by atoms with Crippen LogP contribution in [0.1, 0.15) is 35.7 Å². The van der Waals surface area contributed by atoms with Gasteiger partial charge >= 0.3 is 11.9 Å². The molecule has 2 aromatic rings. The molecule has 30 heavy (non-hydrogen) atoms. The lowest BCUT2D eigenvalue weighted by Gasteiger charge is -2.23. The minimum absolute atomic E-state index is 0.229. The molecular weight excluding hydrogens is 386 g/mol. The van der Waals surface area contributed by atoms with Gasteiger partial charge in [0.15, 0.2) is 6.61 Å². The molecule has 1 N–H and O–H groups in total. The maximum Gasteiger partial charge on any atom is 0.338 e. The van der Waals surface area contributed by atoms with E-state index in [-0.39, 0.29) is 6.61 Å². The maximum atomic E-state index is 12.3. The van der Waals surface area contributed by atoms with Crippen LogP contribution in [0.2, 0.25) is 0 Å². The Hall–Kier alpha value is -3.35. The predicted molar refractivity (Wildman–Crippen MR) is 110 cm³/mol. The van der Waals surface area contributed by atoms with Gasteiger partial charge in [0.2, 0.25) is 0 Å². The number of ether oxygens (including phenoxy) is 3. The number of carbonyl (C=O) groups excluding carboxylic acids is 3. The van der Waals surface area contributed by atoms with Crippen LogP contribution in [0.25, 0.3) is 0 Å². The molecule has 0 aliphatic carbocycles. The van der Waals surface area contributed by atoms with E-state index in [1.807, 2.05) is 31.2 Å². The lowest BCUT2D eigenvalue weighted by atomic mass is 9.97. The summed E-state index contributed by atoms with van der Waals surface area (Å²) in [5.74, 6) is -0.988. The molecule has 1 aliphatic rings. The molecule has 3 rings (SSSR count). The molecular formula is C23H25NO6. The molecule has 1 atom stereocenters. The topological polar surface area (TPSA) is 90.9 Å². The summed E-state index contributed by atoms with van der Waals surface area (Å²) in [6.45, 7) is 2.24. The Labute approximate surface area is 175 Å². The smallest absolute Gasteiger partial charge is 0.338 e. The fraction of sp³-hybridized carbons (Fsp3) is 0.348. The van der Waals surface area contributed by atoms with Crippen molar-refractivity contribution in [2.75, 3.05) is 25.1 Å². The number of unbranched alkanes of at least 4 members (excludes halogenated alkanes) is 1. The molecule has 1 unspecified atom stereocenters. The summed E-state index contributed by atoms with van der Waals surface area (Å²) in [6.07, 6.45) is 2.29. The summed E-state index contributed by atoms with van der Waals surface area (Å²) in [5, 5.41) is 2.63. The zero-order valence-corrected chi connectivity index (χ0v) is 16.9. The highest BCUT2D eigenvalue weighted by molar-refractivity contribution is 5.94. The molecule has 0 aromatic heterocycles. The fourth-order valence-corrected chi connectivity index (χ4v) is 3.01. The standard InChI is InChI=1S/C23H25NO6/c1-2-3-12-28-22(26)16-8-10-19(11-9-16)24-21(25)15-30-23(27)18-13-17-6-4-5-7-20(17)29-14-18/h4-11,18H,2-3,12-15H2,1H3,(H,24,25). The molecule has 2 aromatic carbocycles. The SMILES string of the molecule is CCCCOC(=O)c1ccc(NC(=O)COC(=O)C2COc3ccccc3C2)cc1. The Balaban J connectivity index is 1.43. The number of esters is 2. The second kappa shape index (κ2) is 10.4. The molecule has 1 amide bonds. The first-order chi connectivity index (χ1) is 14.6. The summed E-state index contributed by atoms with van der Waals surface area (Å²) < 4.78 is 15.9. The molecule has 0 saturated heterocycles. The van der Waals surface area contributed by atoms with Crippen LogP contribution < -0.4 is 10.1 Å². The number of amides is 1. The van der Waals surface area contributed by atoms with Crippen LogP contribution in [-0.4, -0.2) is 37.7 Å². The number of benzene rings is 2. The van der Waals surface area contributed by atoms with E-state index in [1.165, 1.54) is 0 Å². The zero-order chi connectivity index (χ0) is 21.3. The Morgan fingerprint density at radius 2 is 1.83 bits per heavy atom. The Morgan fingerprint density at radius 1 is 1.07 bits per heavy atom. The minimum Gasteiger partial charge on any atom is -0.492 e. The van der Waals surface area contributed by atoms with E-state index in [0.29, 0.717) is 24.3 Å². The van der Waals surface area contributed by atoms with E-state index in [1.54, 1.807) is 24.3 Å². The van der Waals surface area contributed by atoms with E-state index in [9.17, 15) is 14.4 Å². The number of carbonyl (C=O) groups is 3. The number of anilines is 1. The van der Waals surface area contributed by atoms with Crippen LogP contribution >= 0.6 is 0 Å². The molecule has 1 heterocycles. The van der Waals surface area contributed by atoms with Gasteiger partial charge in [-0.15, -0.1) is 0 Å². The van der Waals surface area contributed by atoms with Gasteiger partial charge in [-0.25, -0.2) is 4.79 Å². The summed E-state index contributed by atoms with van der Waals surface area (Å²) in [7, 11) is 0. The summed E-state index contributed by atoms with van der Waals surface area (Å²) >= 11 is 0. The number of rotatable bonds is 8. The van der Waals surface area contributed by atoms with Gasteiger partial charge in [0.25, 0.3) is 5.91 Å². The van der Waals surface area contributed by atoms with Crippen molar-refractivity contribution in [3.05, 3.63) is 59.7 Å². The lowest BCUT2D eigenvalue weighted by Crippen LogP contribution is -2.31. The molecule has 0 spiro atoms. The molecule has 7 nitrogen and oxygen atoms in total. The molecule has 0 radical (unpaired) electrons. The zero-order valence-electron chi connectivity index (χ0n) is 16.9. The van der Waals surface area contributed by atoms with E-state index in [0.717, 1.165) is 24.2 Å². The first-order valence-electron chi connectivity index (χ1n) is 10.0. The van der Waals surface area contributed by atoms with Crippen molar-refractivity contribution >= 4 is 23.5 Å². The van der Waals surface area contributed by atoms with Crippen molar-refractivity contribution in [1.29, 1.82) is 0 Å². The second-order valence-corrected chi connectivity index (χ2v) is 7.04. The van der Waals surface area contributed by atoms with Gasteiger partial charge in [-0.2, -0.15) is 0 Å². The van der Waals surface area contributed by atoms with E-state index in [4.69, 9.17) is 14.2 Å². The van der Waals surface area contributed by atoms with Crippen molar-refractivity contribution in [1.82, 2.24) is 0 Å². The first kappa shape index (κ1) is 21.4. The van der Waals surface area contributed by atoms with Gasteiger partial charge < -0.3 is 19.5 Å². The van der Waals surface area contributed by atoms with Crippen LogP contribution in [0.15, 0.2) is 48.5 Å². The van der Waals surface area contributed by atoms with Crippen molar-refractivity contribution in [2.24, 2.45) is 5.92 Å². The van der Waals surface area contributed by atoms with Crippen molar-refractivity contribution in [3.63, 3.8) is 0 Å². The average Bonchev–Trinajstić information content (AvgIpc) is 2.77. The highest BCUT2D eigenvalue weighted by atomic mass is 16.5. The van der Waals surface area contributed by atoms with Gasteiger partial charge in [0.1, 0.15) is 12.4 Å². The number of fused-ring (bicyclic) bond motifs is 1. The second-order valence-electron chi connectivity index (χ2n) is 7.04. The number of nitrogens with one attached hydrogen (secondary N) is 1. The predicted octanol–water partition coefficient (Wildman–Crippen LogP) is 3.38. The number of hydrogen-bond acceptors (Lipinski definition) is 6. The maximum absolute atomic E-state index is 12.3. The van der Waals surface area contributed by atoms with Gasteiger partial charge in [-0.3, -0.25) is 9.59 Å². The van der Waals surface area contributed by atoms with Crippen LogP contribution in [-0.2, 0) is 25.5 Å². The van der Waals surface area contributed by atoms with Gasteiger partial charge in [0, 0.05) is 5.69 Å². The van der Waals surface area contributed by atoms with Crippen LogP contribution in [0, 0.1) is 5.92 Å². The molecule has 158 valence electrons. The quantitative estimate of drug-likeness (QED) is 0.529. The third kappa shape index (κ3) is 5.83. The van der Waals surface area contributed by atoms with E-state index < -0.39 is 30.4 Å². The van der Waals surface area contributed by atoms with E-state index in [2.05, 4.69) is 5.32 Å². The highest BCUT2D eigenvalue weighted by Crippen LogP contribution is 2.27. The molecule has 7 heteroatoms. The molecule has 0 bridgehead atoms. The van der Waals surface area contributed by atoms with Gasteiger partial charge in [-0.1, -0.05) is 31.5 Å². The van der Waals surface area contributed by atoms with Crippen LogP contribution in [0.3, 0.4) is 0 Å². The minimum atomic E-state index is -0.468. The Bertz CT molecular complexity index is 893. The number of para-hydroxylation sites is 1. The van der Waals surface area contributed by atoms with E-state index >= 15 is 0 Å². The average molecular weight is 411 g/mol. The molecule has 0 fully saturated rings. The van der Waals surface area contributed by atoms with Crippen LogP contribution in [0.5, 0.6) is 5.75 Å². The highest BCUT2D eigenvalue weighted by Gasteiger charge is 2.27. The number of hydrogen-bond donors (Lipinski definition) is 1. The third-order valence-electron chi connectivity index (χ3n) is 4.69. The fourth-order valence-electron chi connectivity index (χ4n) is 3.01. The largest absolute Gasteiger partial charge is 0.492 e. The third-order valence-corrected chi connectivity index (χ3v) is 4.69. The van der Waals surface area contributed by atoms with Crippen molar-refractivity contribution in [3.8, 4) is 5.75 Å². The van der Waals surface area contributed by atoms with Crippen LogP contribution in [0.4, 0.5) is 5.69 Å². The van der Waals surface area contributed by atoms with Gasteiger partial charge in [0.05, 0.1) is 18.1 Å². The van der Waals surface area contributed by atoms with Crippen molar-refractivity contribution in [2.45, 2.75) is 26.2 Å². The van der Waals surface area contributed by atoms with Crippen molar-refractivity contribution < 1.29 is 28.6 Å². The Kier molecular flexibility index (Phi) is 7.43. The Morgan fingerprint density at radius 3 is 2.60 bits per heavy atom. The van der Waals surface area contributed by atoms with Gasteiger partial charge in [-0.05, 0) is 48.7 Å². The monoisotopic (exact) mass is 411 g/mol. The molecule has 0 saturated carbocycles. The molecule has 1 aliphatic heterocycles.